The van der Waals surface area contributed by atoms with Crippen LogP contribution in [0.3, 0.4) is 0 Å². The lowest BCUT2D eigenvalue weighted by Crippen LogP contribution is -2.23. The molecule has 19 heavy (non-hydrogen) atoms. The molecular weight excluding hydrogens is 244 g/mol. The number of hydrogen-bond acceptors (Lipinski definition) is 4. The first kappa shape index (κ1) is 13.8. The summed E-state index contributed by atoms with van der Waals surface area (Å²) in [5, 5.41) is 12.3. The predicted octanol–water partition coefficient (Wildman–Crippen LogP) is 2.32. The summed E-state index contributed by atoms with van der Waals surface area (Å²) in [6.07, 6.45) is 2.35. The number of ether oxygens (including phenoxy) is 1. The first-order valence-corrected chi connectivity index (χ1v) is 6.67. The van der Waals surface area contributed by atoms with Gasteiger partial charge in [0.05, 0.1) is 11.7 Å². The van der Waals surface area contributed by atoms with E-state index in [0.29, 0.717) is 23.5 Å². The van der Waals surface area contributed by atoms with Crippen LogP contribution < -0.4 is 5.32 Å². The maximum Gasteiger partial charge on any atom is 0.335 e. The third-order valence-electron chi connectivity index (χ3n) is 3.49. The smallest absolute Gasteiger partial charge is 0.335 e. The molecule has 2 atom stereocenters. The molecule has 1 aromatic rings. The Hall–Kier alpha value is -1.62. The van der Waals surface area contributed by atoms with Crippen LogP contribution in [-0.2, 0) is 4.74 Å². The highest BCUT2D eigenvalue weighted by Crippen LogP contribution is 2.23. The number of hydrogen-bond donors (Lipinski definition) is 2. The number of nitrogens with zero attached hydrogens (tertiary/aromatic N) is 1. The molecule has 1 aliphatic rings. The summed E-state index contributed by atoms with van der Waals surface area (Å²) in [5.74, 6) is 0.170. The molecule has 2 heterocycles. The number of nitrogens with one attached hydrogen (secondary N) is 1. The standard InChI is InChI=1S/C14H20N2O3/c1-3-12-10(4-5-19-12)8-15-13-7-11(14(17)18)6-9(2)16-13/h6-7,10,12H,3-5,8H2,1-2H3,(H,15,16)(H,17,18). The Labute approximate surface area is 113 Å². The number of rotatable bonds is 5. The molecule has 0 aliphatic carbocycles. The Morgan fingerprint density at radius 3 is 3.05 bits per heavy atom. The summed E-state index contributed by atoms with van der Waals surface area (Å²) in [4.78, 5) is 15.3. The Bertz CT molecular complexity index is 462. The van der Waals surface area contributed by atoms with Gasteiger partial charge in [0.25, 0.3) is 0 Å². The SMILES string of the molecule is CCC1OCCC1CNc1cc(C(=O)O)cc(C)n1. The molecule has 2 N–H and O–H groups in total. The number of aryl methyl sites for hydroxylation is 1. The van der Waals surface area contributed by atoms with Gasteiger partial charge in [-0.05, 0) is 31.9 Å². The number of anilines is 1. The monoisotopic (exact) mass is 264 g/mol. The third kappa shape index (κ3) is 3.44. The van der Waals surface area contributed by atoms with E-state index < -0.39 is 5.97 Å². The molecule has 1 fully saturated rings. The molecule has 0 bridgehead atoms. The molecule has 0 spiro atoms. The van der Waals surface area contributed by atoms with Crippen molar-refractivity contribution >= 4 is 11.8 Å². The van der Waals surface area contributed by atoms with Crippen LogP contribution in [0.4, 0.5) is 5.82 Å². The minimum Gasteiger partial charge on any atom is -0.478 e. The molecule has 0 radical (unpaired) electrons. The van der Waals surface area contributed by atoms with Crippen LogP contribution in [0, 0.1) is 12.8 Å². The van der Waals surface area contributed by atoms with E-state index in [1.807, 2.05) is 0 Å². The number of carboxylic acid groups (broad SMARTS) is 1. The summed E-state index contributed by atoms with van der Waals surface area (Å²) in [5.41, 5.74) is 0.974. The van der Waals surface area contributed by atoms with Crippen LogP contribution in [0.2, 0.25) is 0 Å². The zero-order valence-electron chi connectivity index (χ0n) is 11.3. The molecule has 2 unspecified atom stereocenters. The van der Waals surface area contributed by atoms with Gasteiger partial charge >= 0.3 is 5.97 Å². The van der Waals surface area contributed by atoms with Crippen LogP contribution in [-0.4, -0.2) is 35.3 Å². The predicted molar refractivity (Wildman–Crippen MR) is 72.6 cm³/mol. The van der Waals surface area contributed by atoms with E-state index in [1.54, 1.807) is 19.1 Å². The molecule has 5 nitrogen and oxygen atoms in total. The average molecular weight is 264 g/mol. The van der Waals surface area contributed by atoms with Gasteiger partial charge in [-0.1, -0.05) is 6.92 Å². The van der Waals surface area contributed by atoms with Crippen LogP contribution in [0.1, 0.15) is 35.8 Å². The van der Waals surface area contributed by atoms with Crippen molar-refractivity contribution in [3.8, 4) is 0 Å². The van der Waals surface area contributed by atoms with E-state index in [9.17, 15) is 4.79 Å². The van der Waals surface area contributed by atoms with Gasteiger partial charge in [0.2, 0.25) is 0 Å². The van der Waals surface area contributed by atoms with E-state index in [1.165, 1.54) is 0 Å². The number of carboxylic acids is 1. The van der Waals surface area contributed by atoms with Crippen molar-refractivity contribution in [3.63, 3.8) is 0 Å². The van der Waals surface area contributed by atoms with Crippen LogP contribution in [0.5, 0.6) is 0 Å². The third-order valence-corrected chi connectivity index (χ3v) is 3.49. The average Bonchev–Trinajstić information content (AvgIpc) is 2.83. The Morgan fingerprint density at radius 2 is 2.37 bits per heavy atom. The van der Waals surface area contributed by atoms with Gasteiger partial charge in [-0.2, -0.15) is 0 Å². The second-order valence-corrected chi connectivity index (χ2v) is 4.93. The number of aromatic nitrogens is 1. The second kappa shape index (κ2) is 6.02. The molecule has 1 saturated heterocycles. The summed E-state index contributed by atoms with van der Waals surface area (Å²) in [6.45, 7) is 5.50. The highest BCUT2D eigenvalue weighted by Gasteiger charge is 2.26. The normalized spacial score (nSPS) is 22.4. The van der Waals surface area contributed by atoms with Gasteiger partial charge in [0.1, 0.15) is 5.82 Å². The van der Waals surface area contributed by atoms with Gasteiger partial charge in [-0.25, -0.2) is 9.78 Å². The Balaban J connectivity index is 2.01. The van der Waals surface area contributed by atoms with Crippen molar-refractivity contribution < 1.29 is 14.6 Å². The van der Waals surface area contributed by atoms with Gasteiger partial charge in [0.15, 0.2) is 0 Å². The first-order valence-electron chi connectivity index (χ1n) is 6.67. The highest BCUT2D eigenvalue weighted by molar-refractivity contribution is 5.88. The van der Waals surface area contributed by atoms with Gasteiger partial charge < -0.3 is 15.2 Å². The molecule has 2 rings (SSSR count). The molecule has 104 valence electrons. The summed E-state index contributed by atoms with van der Waals surface area (Å²) in [6, 6.07) is 3.15. The van der Waals surface area contributed by atoms with E-state index in [-0.39, 0.29) is 5.56 Å². The van der Waals surface area contributed by atoms with Crippen LogP contribution >= 0.6 is 0 Å². The fraction of sp³-hybridized carbons (Fsp3) is 0.571. The zero-order valence-corrected chi connectivity index (χ0v) is 11.3. The lowest BCUT2D eigenvalue weighted by Gasteiger charge is -2.17. The molecule has 1 aromatic heterocycles. The topological polar surface area (TPSA) is 71.5 Å². The van der Waals surface area contributed by atoms with Crippen molar-refractivity contribution in [2.75, 3.05) is 18.5 Å². The highest BCUT2D eigenvalue weighted by atomic mass is 16.5. The van der Waals surface area contributed by atoms with E-state index in [0.717, 1.165) is 26.0 Å². The number of pyridine rings is 1. The number of carbonyl (C=O) groups is 1. The minimum absolute atomic E-state index is 0.268. The van der Waals surface area contributed by atoms with Crippen molar-refractivity contribution in [2.24, 2.45) is 5.92 Å². The lowest BCUT2D eigenvalue weighted by atomic mass is 10.00. The van der Waals surface area contributed by atoms with E-state index in [4.69, 9.17) is 9.84 Å². The van der Waals surface area contributed by atoms with Crippen molar-refractivity contribution in [3.05, 3.63) is 23.4 Å². The van der Waals surface area contributed by atoms with Gasteiger partial charge in [-0.3, -0.25) is 0 Å². The Morgan fingerprint density at radius 1 is 1.58 bits per heavy atom. The first-order chi connectivity index (χ1) is 9.10. The minimum atomic E-state index is -0.927. The fourth-order valence-electron chi connectivity index (χ4n) is 2.50. The van der Waals surface area contributed by atoms with Crippen molar-refractivity contribution in [1.82, 2.24) is 4.98 Å². The van der Waals surface area contributed by atoms with Gasteiger partial charge in [0, 0.05) is 24.8 Å². The summed E-state index contributed by atoms with van der Waals surface area (Å²) in [7, 11) is 0. The maximum atomic E-state index is 11.0. The van der Waals surface area contributed by atoms with Gasteiger partial charge in [-0.15, -0.1) is 0 Å². The molecule has 1 aliphatic heterocycles. The molecule has 0 amide bonds. The lowest BCUT2D eigenvalue weighted by molar-refractivity contribution is 0.0696. The van der Waals surface area contributed by atoms with Crippen LogP contribution in [0.25, 0.3) is 0 Å². The summed E-state index contributed by atoms with van der Waals surface area (Å²) >= 11 is 0. The van der Waals surface area contributed by atoms with E-state index in [2.05, 4.69) is 17.2 Å². The molecule has 5 heteroatoms. The summed E-state index contributed by atoms with van der Waals surface area (Å²) < 4.78 is 5.63. The molecule has 0 saturated carbocycles. The zero-order chi connectivity index (χ0) is 13.8. The number of aromatic carboxylic acids is 1. The largest absolute Gasteiger partial charge is 0.478 e. The van der Waals surface area contributed by atoms with Crippen LogP contribution in [0.15, 0.2) is 12.1 Å². The Kier molecular flexibility index (Phi) is 4.37. The van der Waals surface area contributed by atoms with Crippen molar-refractivity contribution in [1.29, 1.82) is 0 Å². The molecule has 0 aromatic carbocycles. The van der Waals surface area contributed by atoms with Crippen molar-refractivity contribution in [2.45, 2.75) is 32.8 Å². The maximum absolute atomic E-state index is 11.0. The second-order valence-electron chi connectivity index (χ2n) is 4.93. The fourth-order valence-corrected chi connectivity index (χ4v) is 2.50. The molecular formula is C14H20N2O3. The van der Waals surface area contributed by atoms with E-state index >= 15 is 0 Å². The quantitative estimate of drug-likeness (QED) is 0.854.